The Kier molecular flexibility index (Phi) is 2.41. The van der Waals surface area contributed by atoms with Gasteiger partial charge in [0.1, 0.15) is 0 Å². The van der Waals surface area contributed by atoms with Gasteiger partial charge in [0.25, 0.3) is 0 Å². The molecule has 2 rings (SSSR count). The van der Waals surface area contributed by atoms with Crippen LogP contribution >= 0.6 is 0 Å². The van der Waals surface area contributed by atoms with Crippen molar-refractivity contribution in [1.82, 2.24) is 9.97 Å². The first-order chi connectivity index (χ1) is 7.25. The Labute approximate surface area is 85.9 Å². The number of fused-ring (bicyclic) bond motifs is 1. The fourth-order valence-corrected chi connectivity index (χ4v) is 1.21. The van der Waals surface area contributed by atoms with Gasteiger partial charge < -0.3 is 5.11 Å². The van der Waals surface area contributed by atoms with E-state index in [4.69, 9.17) is 5.11 Å². The van der Waals surface area contributed by atoms with Crippen molar-refractivity contribution < 1.29 is 9.90 Å². The standard InChI is InChI=1S/C11H8N2O2/c14-11(15)6-5-8-7-12-9-3-1-2-4-10(9)13-8/h1-7H,(H,14,15). The molecule has 0 aliphatic heterocycles. The number of rotatable bonds is 2. The predicted octanol–water partition coefficient (Wildman–Crippen LogP) is 1.73. The maximum atomic E-state index is 10.3. The maximum Gasteiger partial charge on any atom is 0.328 e. The van der Waals surface area contributed by atoms with E-state index in [1.54, 1.807) is 6.20 Å². The number of aliphatic carboxylic acids is 1. The van der Waals surface area contributed by atoms with E-state index in [-0.39, 0.29) is 0 Å². The van der Waals surface area contributed by atoms with Crippen molar-refractivity contribution in [3.05, 3.63) is 42.2 Å². The molecule has 4 heteroatoms. The lowest BCUT2D eigenvalue weighted by molar-refractivity contribution is -0.131. The van der Waals surface area contributed by atoms with Crippen molar-refractivity contribution in [2.24, 2.45) is 0 Å². The normalized spacial score (nSPS) is 10.9. The quantitative estimate of drug-likeness (QED) is 0.750. The van der Waals surface area contributed by atoms with Crippen LogP contribution < -0.4 is 0 Å². The van der Waals surface area contributed by atoms with Gasteiger partial charge >= 0.3 is 5.97 Å². The highest BCUT2D eigenvalue weighted by Crippen LogP contribution is 2.08. The topological polar surface area (TPSA) is 63.1 Å². The number of hydrogen-bond acceptors (Lipinski definition) is 3. The summed E-state index contributed by atoms with van der Waals surface area (Å²) in [5.74, 6) is -0.995. The van der Waals surface area contributed by atoms with Gasteiger partial charge in [0, 0.05) is 6.08 Å². The van der Waals surface area contributed by atoms with Crippen LogP contribution in [-0.2, 0) is 4.79 Å². The summed E-state index contributed by atoms with van der Waals surface area (Å²) in [6.45, 7) is 0. The third-order valence-corrected chi connectivity index (χ3v) is 1.86. The molecular weight excluding hydrogens is 192 g/mol. The first kappa shape index (κ1) is 9.33. The van der Waals surface area contributed by atoms with Gasteiger partial charge in [-0.15, -0.1) is 0 Å². The molecule has 0 amide bonds. The minimum atomic E-state index is -0.995. The number of benzene rings is 1. The second-order valence-corrected chi connectivity index (χ2v) is 2.96. The molecule has 1 heterocycles. The lowest BCUT2D eigenvalue weighted by atomic mass is 10.3. The Morgan fingerprint density at radius 1 is 1.27 bits per heavy atom. The van der Waals surface area contributed by atoms with Crippen LogP contribution in [0.4, 0.5) is 0 Å². The average Bonchev–Trinajstić information content (AvgIpc) is 2.26. The minimum Gasteiger partial charge on any atom is -0.478 e. The summed E-state index contributed by atoms with van der Waals surface area (Å²) in [4.78, 5) is 18.7. The summed E-state index contributed by atoms with van der Waals surface area (Å²) < 4.78 is 0. The Hall–Kier alpha value is -2.23. The molecule has 0 radical (unpaired) electrons. The monoisotopic (exact) mass is 200 g/mol. The molecule has 1 aromatic carbocycles. The molecule has 74 valence electrons. The van der Waals surface area contributed by atoms with E-state index in [9.17, 15) is 4.79 Å². The highest BCUT2D eigenvalue weighted by Gasteiger charge is 1.96. The smallest absolute Gasteiger partial charge is 0.328 e. The number of carboxylic acid groups (broad SMARTS) is 1. The van der Waals surface area contributed by atoms with Crippen molar-refractivity contribution in [1.29, 1.82) is 0 Å². The average molecular weight is 200 g/mol. The molecule has 1 aromatic heterocycles. The van der Waals surface area contributed by atoms with Crippen LogP contribution in [0.15, 0.2) is 36.5 Å². The summed E-state index contributed by atoms with van der Waals surface area (Å²) in [7, 11) is 0. The van der Waals surface area contributed by atoms with E-state index in [2.05, 4.69) is 9.97 Å². The first-order valence-electron chi connectivity index (χ1n) is 4.38. The zero-order valence-corrected chi connectivity index (χ0v) is 7.79. The fraction of sp³-hybridized carbons (Fsp3) is 0. The molecule has 0 aliphatic carbocycles. The third kappa shape index (κ3) is 2.17. The van der Waals surface area contributed by atoms with Crippen molar-refractivity contribution in [3.8, 4) is 0 Å². The molecule has 15 heavy (non-hydrogen) atoms. The molecule has 0 spiro atoms. The lowest BCUT2D eigenvalue weighted by Gasteiger charge is -1.96. The van der Waals surface area contributed by atoms with Gasteiger partial charge in [-0.1, -0.05) is 12.1 Å². The number of para-hydroxylation sites is 2. The maximum absolute atomic E-state index is 10.3. The number of carbonyl (C=O) groups is 1. The Morgan fingerprint density at radius 3 is 2.73 bits per heavy atom. The van der Waals surface area contributed by atoms with Gasteiger partial charge in [-0.3, -0.25) is 4.98 Å². The van der Waals surface area contributed by atoms with Gasteiger partial charge in [0.2, 0.25) is 0 Å². The van der Waals surface area contributed by atoms with Crippen molar-refractivity contribution >= 4 is 23.1 Å². The molecule has 0 fully saturated rings. The summed E-state index contributed by atoms with van der Waals surface area (Å²) in [5.41, 5.74) is 2.09. The molecule has 4 nitrogen and oxygen atoms in total. The molecule has 0 unspecified atom stereocenters. The second-order valence-electron chi connectivity index (χ2n) is 2.96. The molecule has 2 aromatic rings. The highest BCUT2D eigenvalue weighted by molar-refractivity contribution is 5.85. The SMILES string of the molecule is O=C(O)C=Cc1cnc2ccccc2n1. The molecule has 0 saturated carbocycles. The van der Waals surface area contributed by atoms with Crippen LogP contribution in [-0.4, -0.2) is 21.0 Å². The number of nitrogens with zero attached hydrogens (tertiary/aromatic N) is 2. The lowest BCUT2D eigenvalue weighted by Crippen LogP contribution is -1.89. The van der Waals surface area contributed by atoms with E-state index in [0.717, 1.165) is 17.1 Å². The number of aromatic nitrogens is 2. The third-order valence-electron chi connectivity index (χ3n) is 1.86. The van der Waals surface area contributed by atoms with E-state index in [1.165, 1.54) is 6.08 Å². The Morgan fingerprint density at radius 2 is 2.00 bits per heavy atom. The van der Waals surface area contributed by atoms with Crippen molar-refractivity contribution in [2.75, 3.05) is 0 Å². The fourth-order valence-electron chi connectivity index (χ4n) is 1.21. The van der Waals surface area contributed by atoms with Gasteiger partial charge in [-0.25, -0.2) is 9.78 Å². The molecule has 0 saturated heterocycles. The van der Waals surface area contributed by atoms with E-state index < -0.39 is 5.97 Å². The number of hydrogen-bond donors (Lipinski definition) is 1. The number of carboxylic acids is 1. The summed E-state index contributed by atoms with van der Waals surface area (Å²) in [6, 6.07) is 7.43. The molecule has 1 N–H and O–H groups in total. The summed E-state index contributed by atoms with van der Waals surface area (Å²) in [6.07, 6.45) is 4.00. The van der Waals surface area contributed by atoms with Gasteiger partial charge in [-0.2, -0.15) is 0 Å². The van der Waals surface area contributed by atoms with Gasteiger partial charge in [-0.05, 0) is 18.2 Å². The van der Waals surface area contributed by atoms with Crippen LogP contribution in [0.3, 0.4) is 0 Å². The Bertz CT molecular complexity index is 535. The van der Waals surface area contributed by atoms with E-state index in [1.807, 2.05) is 24.3 Å². The van der Waals surface area contributed by atoms with Crippen LogP contribution in [0.1, 0.15) is 5.69 Å². The van der Waals surface area contributed by atoms with Crippen molar-refractivity contribution in [3.63, 3.8) is 0 Å². The van der Waals surface area contributed by atoms with Crippen molar-refractivity contribution in [2.45, 2.75) is 0 Å². The highest BCUT2D eigenvalue weighted by atomic mass is 16.4. The zero-order chi connectivity index (χ0) is 10.7. The second kappa shape index (κ2) is 3.88. The molecular formula is C11H8N2O2. The van der Waals surface area contributed by atoms with Gasteiger partial charge in [0.05, 0.1) is 22.9 Å². The van der Waals surface area contributed by atoms with Crippen LogP contribution in [0.25, 0.3) is 17.1 Å². The van der Waals surface area contributed by atoms with Crippen LogP contribution in [0, 0.1) is 0 Å². The molecule has 0 aliphatic rings. The summed E-state index contributed by atoms with van der Waals surface area (Å²) >= 11 is 0. The molecule has 0 bridgehead atoms. The molecule has 0 atom stereocenters. The van der Waals surface area contributed by atoms with Crippen LogP contribution in [0.5, 0.6) is 0 Å². The Balaban J connectivity index is 2.43. The largest absolute Gasteiger partial charge is 0.478 e. The zero-order valence-electron chi connectivity index (χ0n) is 7.79. The summed E-state index contributed by atoms with van der Waals surface area (Å²) in [5, 5.41) is 8.45. The van der Waals surface area contributed by atoms with Gasteiger partial charge in [0.15, 0.2) is 0 Å². The van der Waals surface area contributed by atoms with Crippen LogP contribution in [0.2, 0.25) is 0 Å². The minimum absolute atomic E-state index is 0.538. The van der Waals surface area contributed by atoms with E-state index >= 15 is 0 Å². The predicted molar refractivity (Wildman–Crippen MR) is 56.2 cm³/mol. The first-order valence-corrected chi connectivity index (χ1v) is 4.38. The van der Waals surface area contributed by atoms with E-state index in [0.29, 0.717) is 5.69 Å².